The van der Waals surface area contributed by atoms with Gasteiger partial charge in [-0.25, -0.2) is 19.7 Å². The number of nitrogens with one attached hydrogen (secondary N) is 3. The Kier molecular flexibility index (Phi) is 9.31. The number of imidazole rings is 1. The van der Waals surface area contributed by atoms with Crippen LogP contribution in [0.2, 0.25) is 0 Å². The zero-order valence-corrected chi connectivity index (χ0v) is 22.5. The van der Waals surface area contributed by atoms with Gasteiger partial charge in [0, 0.05) is 20.3 Å². The smallest absolute Gasteiger partial charge is 0.405 e. The summed E-state index contributed by atoms with van der Waals surface area (Å²) in [5.41, 5.74) is 2.34. The van der Waals surface area contributed by atoms with Crippen molar-refractivity contribution in [3.05, 3.63) is 63.8 Å². The number of rotatable bonds is 10. The summed E-state index contributed by atoms with van der Waals surface area (Å²) in [6, 6.07) is 1.89. The quantitative estimate of drug-likeness (QED) is 0.285. The Hall–Kier alpha value is -4.81. The topological polar surface area (TPSA) is 175 Å². The lowest BCUT2D eigenvalue weighted by Crippen LogP contribution is -2.44. The average molecular weight is 537 g/mol. The normalized spacial score (nSPS) is 11.8. The highest BCUT2D eigenvalue weighted by atomic mass is 16.4. The van der Waals surface area contributed by atoms with E-state index in [0.29, 0.717) is 28.5 Å². The number of H-pyrrole nitrogens is 1. The van der Waals surface area contributed by atoms with Gasteiger partial charge in [-0.2, -0.15) is 0 Å². The molecule has 1 atom stereocenters. The molecule has 4 N–H and O–H groups in total. The largest absolute Gasteiger partial charge is 0.465 e. The van der Waals surface area contributed by atoms with Crippen molar-refractivity contribution in [3.63, 3.8) is 0 Å². The van der Waals surface area contributed by atoms with Crippen molar-refractivity contribution in [1.82, 2.24) is 34.7 Å². The Balaban J connectivity index is 1.78. The number of hydrogen-bond donors (Lipinski definition) is 4. The highest BCUT2D eigenvalue weighted by Crippen LogP contribution is 2.17. The first kappa shape index (κ1) is 28.8. The number of anilines is 1. The van der Waals surface area contributed by atoms with Crippen molar-refractivity contribution >= 4 is 40.8 Å². The average Bonchev–Trinajstić information content (AvgIpc) is 3.25. The fourth-order valence-electron chi connectivity index (χ4n) is 3.69. The number of carboxylic acid groups (broad SMARTS) is 1. The Morgan fingerprint density at radius 1 is 1.21 bits per heavy atom. The van der Waals surface area contributed by atoms with Crippen molar-refractivity contribution in [3.8, 4) is 0 Å². The van der Waals surface area contributed by atoms with Crippen molar-refractivity contribution in [2.45, 2.75) is 46.2 Å². The minimum atomic E-state index is -1.38. The van der Waals surface area contributed by atoms with E-state index in [1.165, 1.54) is 21.6 Å². The van der Waals surface area contributed by atoms with Crippen LogP contribution in [0, 0.1) is 6.92 Å². The van der Waals surface area contributed by atoms with Gasteiger partial charge in [-0.1, -0.05) is 11.6 Å². The number of amides is 3. The molecular weight excluding hydrogens is 504 g/mol. The molecule has 0 saturated carbocycles. The molecule has 3 heterocycles. The van der Waals surface area contributed by atoms with Crippen LogP contribution in [0.15, 0.2) is 40.8 Å². The van der Waals surface area contributed by atoms with E-state index in [1.807, 2.05) is 19.9 Å². The monoisotopic (exact) mass is 536 g/mol. The van der Waals surface area contributed by atoms with E-state index in [1.54, 1.807) is 39.4 Å². The lowest BCUT2D eigenvalue weighted by Gasteiger charge is -2.16. The first-order chi connectivity index (χ1) is 18.4. The fraction of sp³-hybridized carbons (Fsp3) is 0.346. The van der Waals surface area contributed by atoms with Gasteiger partial charge in [0.1, 0.15) is 28.9 Å². The summed E-state index contributed by atoms with van der Waals surface area (Å²) in [7, 11) is 3.21. The number of carbonyl (C=O) groups excluding carboxylic acids is 2. The van der Waals surface area contributed by atoms with Crippen LogP contribution < -0.4 is 16.2 Å². The molecular formula is C26H32N8O5. The molecule has 13 heteroatoms. The number of aromatic nitrogens is 5. The SMILES string of the molecule is CC(C)=Cc1nc(C)nc2[nH]c(Cn3cccc(NC(=O)C(CC/C=C/C(=O)N(C)C)NC(=O)O)c3=O)nc12. The van der Waals surface area contributed by atoms with Crippen LogP contribution in [0.3, 0.4) is 0 Å². The molecule has 3 aromatic heterocycles. The number of hydrogen-bond acceptors (Lipinski definition) is 7. The second-order valence-corrected chi connectivity index (χ2v) is 9.32. The number of fused-ring (bicyclic) bond motifs is 1. The van der Waals surface area contributed by atoms with Gasteiger partial charge in [0.05, 0.1) is 12.2 Å². The molecule has 0 spiro atoms. The fourth-order valence-corrected chi connectivity index (χ4v) is 3.69. The molecule has 3 aromatic rings. The molecule has 0 aromatic carbocycles. The van der Waals surface area contributed by atoms with Gasteiger partial charge in [0.15, 0.2) is 5.65 Å². The highest BCUT2D eigenvalue weighted by Gasteiger charge is 2.21. The Bertz CT molecular complexity index is 1500. The number of pyridine rings is 1. The molecule has 206 valence electrons. The second kappa shape index (κ2) is 12.6. The summed E-state index contributed by atoms with van der Waals surface area (Å²) in [5.74, 6) is 0.131. The van der Waals surface area contributed by atoms with Crippen LogP contribution >= 0.6 is 0 Å². The van der Waals surface area contributed by atoms with E-state index in [9.17, 15) is 19.2 Å². The van der Waals surface area contributed by atoms with Crippen molar-refractivity contribution in [1.29, 1.82) is 0 Å². The van der Waals surface area contributed by atoms with Crippen LogP contribution in [0.5, 0.6) is 0 Å². The number of allylic oxidation sites excluding steroid dienone is 2. The number of aromatic amines is 1. The van der Waals surface area contributed by atoms with Crippen LogP contribution in [0.1, 0.15) is 44.0 Å². The molecule has 0 aliphatic rings. The first-order valence-corrected chi connectivity index (χ1v) is 12.2. The zero-order chi connectivity index (χ0) is 28.7. The number of carbonyl (C=O) groups is 3. The standard InChI is InChI=1S/C26H32N8O5/c1-15(2)13-19-22-23(28-16(3)27-19)32-20(31-22)14-34-12-8-10-18(25(34)37)29-24(36)17(30-26(38)39)9-6-7-11-21(35)33(4)5/h7-8,10-13,17,30H,6,9,14H2,1-5H3,(H,29,36)(H,38,39)(H,27,28,31,32)/b11-7+. The van der Waals surface area contributed by atoms with Gasteiger partial charge in [-0.05, 0) is 57.9 Å². The Morgan fingerprint density at radius 3 is 2.62 bits per heavy atom. The summed E-state index contributed by atoms with van der Waals surface area (Å²) in [5, 5.41) is 13.8. The van der Waals surface area contributed by atoms with Crippen LogP contribution in [0.25, 0.3) is 17.2 Å². The maximum Gasteiger partial charge on any atom is 0.405 e. The molecule has 0 fully saturated rings. The summed E-state index contributed by atoms with van der Waals surface area (Å²) in [4.78, 5) is 66.8. The van der Waals surface area contributed by atoms with E-state index in [4.69, 9.17) is 5.11 Å². The predicted molar refractivity (Wildman–Crippen MR) is 146 cm³/mol. The van der Waals surface area contributed by atoms with Gasteiger partial charge in [-0.3, -0.25) is 14.4 Å². The maximum absolute atomic E-state index is 13.1. The number of aryl methyl sites for hydroxylation is 1. The summed E-state index contributed by atoms with van der Waals surface area (Å²) in [6.45, 7) is 5.77. The van der Waals surface area contributed by atoms with Crippen molar-refractivity contribution < 1.29 is 19.5 Å². The van der Waals surface area contributed by atoms with Gasteiger partial charge >= 0.3 is 6.09 Å². The van der Waals surface area contributed by atoms with Crippen LogP contribution in [-0.2, 0) is 16.1 Å². The number of nitrogens with zero attached hydrogens (tertiary/aromatic N) is 5. The second-order valence-electron chi connectivity index (χ2n) is 9.32. The molecule has 1 unspecified atom stereocenters. The van der Waals surface area contributed by atoms with Gasteiger partial charge < -0.3 is 30.2 Å². The molecule has 0 bridgehead atoms. The zero-order valence-electron chi connectivity index (χ0n) is 22.5. The molecule has 39 heavy (non-hydrogen) atoms. The molecule has 0 radical (unpaired) electrons. The van der Waals surface area contributed by atoms with E-state index in [2.05, 4.69) is 30.6 Å². The van der Waals surface area contributed by atoms with E-state index in [0.717, 1.165) is 5.57 Å². The molecule has 0 aliphatic carbocycles. The summed E-state index contributed by atoms with van der Waals surface area (Å²) in [6.07, 6.45) is 5.33. The minimum Gasteiger partial charge on any atom is -0.465 e. The highest BCUT2D eigenvalue weighted by molar-refractivity contribution is 5.96. The summed E-state index contributed by atoms with van der Waals surface area (Å²) < 4.78 is 1.36. The van der Waals surface area contributed by atoms with Crippen molar-refractivity contribution in [2.24, 2.45) is 0 Å². The van der Waals surface area contributed by atoms with Gasteiger partial charge in [0.25, 0.3) is 5.56 Å². The third-order valence-corrected chi connectivity index (χ3v) is 5.49. The van der Waals surface area contributed by atoms with Gasteiger partial charge in [0.2, 0.25) is 11.8 Å². The predicted octanol–water partition coefficient (Wildman–Crippen LogP) is 2.29. The Labute approximate surface area is 224 Å². The maximum atomic E-state index is 13.1. The molecule has 0 aliphatic heterocycles. The molecule has 3 rings (SSSR count). The van der Waals surface area contributed by atoms with Crippen molar-refractivity contribution in [2.75, 3.05) is 19.4 Å². The molecule has 13 nitrogen and oxygen atoms in total. The molecule has 0 saturated heterocycles. The van der Waals surface area contributed by atoms with E-state index < -0.39 is 23.6 Å². The Morgan fingerprint density at radius 2 is 1.95 bits per heavy atom. The van der Waals surface area contributed by atoms with Crippen LogP contribution in [0.4, 0.5) is 10.5 Å². The molecule has 3 amide bonds. The first-order valence-electron chi connectivity index (χ1n) is 12.2. The third kappa shape index (κ3) is 7.84. The third-order valence-electron chi connectivity index (χ3n) is 5.49. The van der Waals surface area contributed by atoms with E-state index >= 15 is 0 Å². The van der Waals surface area contributed by atoms with Crippen LogP contribution in [-0.4, -0.2) is 72.6 Å². The van der Waals surface area contributed by atoms with Gasteiger partial charge in [-0.15, -0.1) is 0 Å². The minimum absolute atomic E-state index is 0.0185. The van der Waals surface area contributed by atoms with E-state index in [-0.39, 0.29) is 31.0 Å². The summed E-state index contributed by atoms with van der Waals surface area (Å²) >= 11 is 0. The number of likely N-dealkylation sites (N-methyl/N-ethyl adjacent to an activating group) is 1. The lowest BCUT2D eigenvalue weighted by atomic mass is 10.1. The lowest BCUT2D eigenvalue weighted by molar-refractivity contribution is -0.123.